The third-order valence-electron chi connectivity index (χ3n) is 3.01. The van der Waals surface area contributed by atoms with Crippen LogP contribution in [0.15, 0.2) is 0 Å². The predicted molar refractivity (Wildman–Crippen MR) is 52.2 cm³/mol. The number of carboxylic acids is 1. The number of carbonyl (C=O) groups is 2. The van der Waals surface area contributed by atoms with Gasteiger partial charge in [-0.1, -0.05) is 0 Å². The van der Waals surface area contributed by atoms with Crippen LogP contribution >= 0.6 is 0 Å². The van der Waals surface area contributed by atoms with E-state index in [0.717, 1.165) is 0 Å². The summed E-state index contributed by atoms with van der Waals surface area (Å²) in [6.07, 6.45) is -4.53. The van der Waals surface area contributed by atoms with Crippen molar-refractivity contribution in [2.75, 3.05) is 13.1 Å². The second kappa shape index (κ2) is 4.93. The first-order chi connectivity index (χ1) is 7.73. The fourth-order valence-electron chi connectivity index (χ4n) is 1.81. The summed E-state index contributed by atoms with van der Waals surface area (Å²) in [7, 11) is 0. The number of hydrogen-bond acceptors (Lipinski definition) is 2. The van der Waals surface area contributed by atoms with Crippen LogP contribution in [0.4, 0.5) is 13.2 Å². The highest BCUT2D eigenvalue weighted by atomic mass is 19.4. The zero-order chi connectivity index (χ0) is 13.2. The SMILES string of the molecule is CC(C(=O)O)C(=O)N1CCC(C(F)(F)F)CC1. The van der Waals surface area contributed by atoms with Gasteiger partial charge in [-0.25, -0.2) is 0 Å². The summed E-state index contributed by atoms with van der Waals surface area (Å²) >= 11 is 0. The molecule has 0 radical (unpaired) electrons. The van der Waals surface area contributed by atoms with Crippen molar-refractivity contribution < 1.29 is 27.9 Å². The Hall–Kier alpha value is -1.27. The van der Waals surface area contributed by atoms with Crippen molar-refractivity contribution in [3.63, 3.8) is 0 Å². The van der Waals surface area contributed by atoms with Crippen molar-refractivity contribution in [3.8, 4) is 0 Å². The standard InChI is InChI=1S/C10H14F3NO3/c1-6(9(16)17)8(15)14-4-2-7(3-5-14)10(11,12)13/h6-7H,2-5H2,1H3,(H,16,17). The Bertz CT molecular complexity index is 308. The fourth-order valence-corrected chi connectivity index (χ4v) is 1.81. The smallest absolute Gasteiger partial charge is 0.391 e. The Kier molecular flexibility index (Phi) is 4.00. The molecular weight excluding hydrogens is 239 g/mol. The molecule has 0 spiro atoms. The van der Waals surface area contributed by atoms with E-state index in [1.54, 1.807) is 0 Å². The minimum Gasteiger partial charge on any atom is -0.481 e. The van der Waals surface area contributed by atoms with E-state index in [1.165, 1.54) is 11.8 Å². The minimum absolute atomic E-state index is 0.0272. The highest BCUT2D eigenvalue weighted by molar-refractivity contribution is 5.96. The Morgan fingerprint density at radius 1 is 1.29 bits per heavy atom. The maximum atomic E-state index is 12.4. The van der Waals surface area contributed by atoms with E-state index in [1.807, 2.05) is 0 Å². The van der Waals surface area contributed by atoms with Crippen molar-refractivity contribution in [1.82, 2.24) is 4.90 Å². The molecule has 1 unspecified atom stereocenters. The van der Waals surface area contributed by atoms with Gasteiger partial charge >= 0.3 is 12.1 Å². The highest BCUT2D eigenvalue weighted by Crippen LogP contribution is 2.34. The molecule has 17 heavy (non-hydrogen) atoms. The van der Waals surface area contributed by atoms with Crippen LogP contribution in [-0.2, 0) is 9.59 Å². The second-order valence-electron chi connectivity index (χ2n) is 4.20. The quantitative estimate of drug-likeness (QED) is 0.759. The Morgan fingerprint density at radius 2 is 1.76 bits per heavy atom. The molecule has 1 N–H and O–H groups in total. The summed E-state index contributed by atoms with van der Waals surface area (Å²) in [6, 6.07) is 0. The van der Waals surface area contributed by atoms with E-state index in [2.05, 4.69) is 0 Å². The molecule has 0 aromatic heterocycles. The summed E-state index contributed by atoms with van der Waals surface area (Å²) in [5, 5.41) is 8.64. The molecule has 1 aliphatic heterocycles. The van der Waals surface area contributed by atoms with Crippen LogP contribution in [0, 0.1) is 11.8 Å². The van der Waals surface area contributed by atoms with Crippen LogP contribution < -0.4 is 0 Å². The Morgan fingerprint density at radius 3 is 2.12 bits per heavy atom. The molecule has 1 rings (SSSR count). The number of halogens is 3. The van der Waals surface area contributed by atoms with E-state index in [4.69, 9.17) is 5.11 Å². The lowest BCUT2D eigenvalue weighted by molar-refractivity contribution is -0.187. The first-order valence-electron chi connectivity index (χ1n) is 5.31. The molecule has 7 heteroatoms. The average Bonchev–Trinajstić information content (AvgIpc) is 2.26. The summed E-state index contributed by atoms with van der Waals surface area (Å²) in [6.45, 7) is 1.18. The van der Waals surface area contributed by atoms with Gasteiger partial charge in [0, 0.05) is 13.1 Å². The molecule has 1 aliphatic rings. The molecule has 1 heterocycles. The first kappa shape index (κ1) is 13.8. The zero-order valence-corrected chi connectivity index (χ0v) is 9.33. The molecule has 0 aromatic carbocycles. The minimum atomic E-state index is -4.23. The van der Waals surface area contributed by atoms with Crippen molar-refractivity contribution in [2.24, 2.45) is 11.8 Å². The van der Waals surface area contributed by atoms with Gasteiger partial charge in [-0.15, -0.1) is 0 Å². The number of piperidine rings is 1. The fraction of sp³-hybridized carbons (Fsp3) is 0.800. The number of rotatable bonds is 2. The topological polar surface area (TPSA) is 57.6 Å². The van der Waals surface area contributed by atoms with Crippen molar-refractivity contribution >= 4 is 11.9 Å². The number of hydrogen-bond donors (Lipinski definition) is 1. The zero-order valence-electron chi connectivity index (χ0n) is 9.33. The van der Waals surface area contributed by atoms with Gasteiger partial charge in [-0.05, 0) is 19.8 Å². The molecule has 1 fully saturated rings. The van der Waals surface area contributed by atoms with Gasteiger partial charge in [-0.3, -0.25) is 9.59 Å². The molecule has 0 aliphatic carbocycles. The van der Waals surface area contributed by atoms with E-state index in [9.17, 15) is 22.8 Å². The maximum absolute atomic E-state index is 12.4. The number of carboxylic acid groups (broad SMARTS) is 1. The molecule has 1 amide bonds. The number of aliphatic carboxylic acids is 1. The van der Waals surface area contributed by atoms with E-state index >= 15 is 0 Å². The van der Waals surface area contributed by atoms with Gasteiger partial charge in [0.2, 0.25) is 5.91 Å². The number of nitrogens with zero attached hydrogens (tertiary/aromatic N) is 1. The number of carbonyl (C=O) groups excluding carboxylic acids is 1. The summed E-state index contributed by atoms with van der Waals surface area (Å²) in [5.74, 6) is -4.45. The largest absolute Gasteiger partial charge is 0.481 e. The van der Waals surface area contributed by atoms with Crippen LogP contribution in [0.1, 0.15) is 19.8 Å². The predicted octanol–water partition coefficient (Wildman–Crippen LogP) is 1.51. The summed E-state index contributed by atoms with van der Waals surface area (Å²) < 4.78 is 37.1. The van der Waals surface area contributed by atoms with Crippen molar-refractivity contribution in [1.29, 1.82) is 0 Å². The van der Waals surface area contributed by atoms with Gasteiger partial charge in [0.25, 0.3) is 0 Å². The van der Waals surface area contributed by atoms with Crippen LogP contribution in [0.2, 0.25) is 0 Å². The van der Waals surface area contributed by atoms with Gasteiger partial charge in [0.15, 0.2) is 0 Å². The third kappa shape index (κ3) is 3.34. The average molecular weight is 253 g/mol. The molecule has 1 atom stereocenters. The van der Waals surface area contributed by atoms with Gasteiger partial charge in [0.1, 0.15) is 5.92 Å². The van der Waals surface area contributed by atoms with Crippen LogP contribution in [0.5, 0.6) is 0 Å². The molecule has 98 valence electrons. The van der Waals surface area contributed by atoms with Crippen LogP contribution in [-0.4, -0.2) is 41.1 Å². The Balaban J connectivity index is 2.53. The van der Waals surface area contributed by atoms with Crippen molar-refractivity contribution in [2.45, 2.75) is 25.9 Å². The van der Waals surface area contributed by atoms with E-state index in [-0.39, 0.29) is 25.9 Å². The Labute approximate surface area is 96.4 Å². The van der Waals surface area contributed by atoms with E-state index in [0.29, 0.717) is 0 Å². The first-order valence-corrected chi connectivity index (χ1v) is 5.31. The monoisotopic (exact) mass is 253 g/mol. The molecular formula is C10H14F3NO3. The van der Waals surface area contributed by atoms with Gasteiger partial charge < -0.3 is 10.0 Å². The van der Waals surface area contributed by atoms with Gasteiger partial charge in [-0.2, -0.15) is 13.2 Å². The summed E-state index contributed by atoms with van der Waals surface area (Å²) in [5.41, 5.74) is 0. The van der Waals surface area contributed by atoms with Crippen molar-refractivity contribution in [3.05, 3.63) is 0 Å². The summed E-state index contributed by atoms with van der Waals surface area (Å²) in [4.78, 5) is 23.3. The van der Waals surface area contributed by atoms with Crippen LogP contribution in [0.3, 0.4) is 0 Å². The number of amides is 1. The molecule has 4 nitrogen and oxygen atoms in total. The molecule has 1 saturated heterocycles. The number of alkyl halides is 3. The van der Waals surface area contributed by atoms with E-state index < -0.39 is 29.9 Å². The lowest BCUT2D eigenvalue weighted by atomic mass is 9.95. The highest BCUT2D eigenvalue weighted by Gasteiger charge is 2.42. The lowest BCUT2D eigenvalue weighted by Crippen LogP contribution is -2.45. The third-order valence-corrected chi connectivity index (χ3v) is 3.01. The number of likely N-dealkylation sites (tertiary alicyclic amines) is 1. The molecule has 0 bridgehead atoms. The van der Waals surface area contributed by atoms with Gasteiger partial charge in [0.05, 0.1) is 5.92 Å². The second-order valence-corrected chi connectivity index (χ2v) is 4.20. The lowest BCUT2D eigenvalue weighted by Gasteiger charge is -2.33. The molecule has 0 saturated carbocycles. The normalized spacial score (nSPS) is 20.1. The molecule has 0 aromatic rings. The van der Waals surface area contributed by atoms with Crippen LogP contribution in [0.25, 0.3) is 0 Å². The maximum Gasteiger partial charge on any atom is 0.391 e.